The minimum Gasteiger partial charge on any atom is -0.497 e. The van der Waals surface area contributed by atoms with Gasteiger partial charge < -0.3 is 9.47 Å². The summed E-state index contributed by atoms with van der Waals surface area (Å²) in [4.78, 5) is 0. The van der Waals surface area contributed by atoms with Gasteiger partial charge in [0.05, 0.1) is 14.2 Å². The van der Waals surface area contributed by atoms with Crippen molar-refractivity contribution >= 4 is 0 Å². The Labute approximate surface area is 125 Å². The van der Waals surface area contributed by atoms with Gasteiger partial charge in [0.15, 0.2) is 0 Å². The van der Waals surface area contributed by atoms with Crippen molar-refractivity contribution in [1.29, 1.82) is 0 Å². The molecule has 0 saturated heterocycles. The van der Waals surface area contributed by atoms with Gasteiger partial charge in [-0.15, -0.1) is 0 Å². The van der Waals surface area contributed by atoms with Crippen LogP contribution in [0.5, 0.6) is 11.5 Å². The predicted molar refractivity (Wildman–Crippen MR) is 83.7 cm³/mol. The van der Waals surface area contributed by atoms with E-state index in [-0.39, 0.29) is 0 Å². The van der Waals surface area contributed by atoms with Gasteiger partial charge >= 0.3 is 0 Å². The van der Waals surface area contributed by atoms with Gasteiger partial charge in [0.1, 0.15) is 11.5 Å². The fourth-order valence-corrected chi connectivity index (χ4v) is 2.52. The fraction of sp³-hybridized carbons (Fsp3) is 0.263. The minimum atomic E-state index is 0.424. The minimum absolute atomic E-state index is 0.424. The van der Waals surface area contributed by atoms with Gasteiger partial charge in [-0.3, -0.25) is 0 Å². The second kappa shape index (κ2) is 5.93. The third-order valence-electron chi connectivity index (χ3n) is 3.81. The second-order valence-corrected chi connectivity index (χ2v) is 5.19. The number of hydrogen-bond donors (Lipinski definition) is 0. The van der Waals surface area contributed by atoms with E-state index < -0.39 is 0 Å². The maximum Gasteiger partial charge on any atom is 0.126 e. The Morgan fingerprint density at radius 3 is 2.52 bits per heavy atom. The molecule has 2 aromatic rings. The van der Waals surface area contributed by atoms with Crippen molar-refractivity contribution < 1.29 is 9.47 Å². The van der Waals surface area contributed by atoms with Gasteiger partial charge in [0.25, 0.3) is 0 Å². The molecule has 0 aromatic heterocycles. The molecule has 2 atom stereocenters. The summed E-state index contributed by atoms with van der Waals surface area (Å²) < 4.78 is 10.7. The van der Waals surface area contributed by atoms with Crippen LogP contribution in [0.1, 0.15) is 23.5 Å². The molecule has 2 heteroatoms. The van der Waals surface area contributed by atoms with E-state index in [1.807, 2.05) is 42.5 Å². The van der Waals surface area contributed by atoms with Crippen LogP contribution in [0.25, 0.3) is 0 Å². The van der Waals surface area contributed by atoms with Crippen molar-refractivity contribution in [2.24, 2.45) is 5.92 Å². The van der Waals surface area contributed by atoms with E-state index in [0.29, 0.717) is 11.8 Å². The summed E-state index contributed by atoms with van der Waals surface area (Å²) in [7, 11) is 3.37. The summed E-state index contributed by atoms with van der Waals surface area (Å²) in [6.45, 7) is 0. The molecule has 0 amide bonds. The molecule has 1 saturated carbocycles. The first kappa shape index (κ1) is 13.6. The molecule has 0 N–H and O–H groups in total. The number of rotatable bonds is 3. The number of methoxy groups -OCH3 is 2. The zero-order valence-electron chi connectivity index (χ0n) is 12.3. The Hall–Kier alpha value is -2.40. The molecule has 0 unspecified atom stereocenters. The molecule has 1 aliphatic rings. The summed E-state index contributed by atoms with van der Waals surface area (Å²) >= 11 is 0. The molecular formula is C19H18O2. The topological polar surface area (TPSA) is 18.5 Å². The molecule has 2 nitrogen and oxygen atoms in total. The molecular weight excluding hydrogens is 260 g/mol. The second-order valence-electron chi connectivity index (χ2n) is 5.19. The smallest absolute Gasteiger partial charge is 0.126 e. The zero-order valence-corrected chi connectivity index (χ0v) is 12.3. The molecule has 1 aliphatic carbocycles. The maximum atomic E-state index is 5.47. The first-order valence-electron chi connectivity index (χ1n) is 7.10. The van der Waals surface area contributed by atoms with Crippen LogP contribution >= 0.6 is 0 Å². The molecule has 0 bridgehead atoms. The van der Waals surface area contributed by atoms with Crippen molar-refractivity contribution in [1.82, 2.24) is 0 Å². The normalized spacial score (nSPS) is 19.3. The molecule has 21 heavy (non-hydrogen) atoms. The number of ether oxygens (including phenoxy) is 2. The first-order chi connectivity index (χ1) is 10.3. The number of benzene rings is 2. The Balaban J connectivity index is 1.75. The van der Waals surface area contributed by atoms with Crippen molar-refractivity contribution in [3.8, 4) is 23.3 Å². The molecule has 1 fully saturated rings. The average molecular weight is 278 g/mol. The van der Waals surface area contributed by atoms with E-state index >= 15 is 0 Å². The zero-order chi connectivity index (χ0) is 14.7. The van der Waals surface area contributed by atoms with Gasteiger partial charge in [0.2, 0.25) is 0 Å². The van der Waals surface area contributed by atoms with Gasteiger partial charge in [-0.2, -0.15) is 0 Å². The van der Waals surface area contributed by atoms with Crippen molar-refractivity contribution in [2.75, 3.05) is 14.2 Å². The molecule has 106 valence electrons. The lowest BCUT2D eigenvalue weighted by Crippen LogP contribution is -1.93. The monoisotopic (exact) mass is 278 g/mol. The third kappa shape index (κ3) is 3.03. The summed E-state index contributed by atoms with van der Waals surface area (Å²) in [6.07, 6.45) is 1.10. The molecule has 3 rings (SSSR count). The van der Waals surface area contributed by atoms with Gasteiger partial charge in [-0.25, -0.2) is 0 Å². The Bertz CT molecular complexity index is 680. The van der Waals surface area contributed by atoms with E-state index in [4.69, 9.17) is 9.47 Å². The van der Waals surface area contributed by atoms with E-state index in [1.165, 1.54) is 5.56 Å². The van der Waals surface area contributed by atoms with Crippen LogP contribution in [0.3, 0.4) is 0 Å². The van der Waals surface area contributed by atoms with Crippen LogP contribution in [-0.2, 0) is 0 Å². The lowest BCUT2D eigenvalue weighted by Gasteiger charge is -2.09. The highest BCUT2D eigenvalue weighted by molar-refractivity contribution is 5.47. The lowest BCUT2D eigenvalue weighted by molar-refractivity contribution is 0.391. The van der Waals surface area contributed by atoms with Crippen LogP contribution < -0.4 is 9.47 Å². The Morgan fingerprint density at radius 2 is 1.81 bits per heavy atom. The summed E-state index contributed by atoms with van der Waals surface area (Å²) in [6, 6.07) is 16.1. The van der Waals surface area contributed by atoms with Crippen LogP contribution in [0.2, 0.25) is 0 Å². The van der Waals surface area contributed by atoms with Gasteiger partial charge in [-0.1, -0.05) is 36.1 Å². The van der Waals surface area contributed by atoms with E-state index in [9.17, 15) is 0 Å². The largest absolute Gasteiger partial charge is 0.497 e. The van der Waals surface area contributed by atoms with Crippen LogP contribution in [0.4, 0.5) is 0 Å². The molecule has 0 radical (unpaired) electrons. The Kier molecular flexibility index (Phi) is 3.83. The van der Waals surface area contributed by atoms with Crippen molar-refractivity contribution in [2.45, 2.75) is 12.3 Å². The Morgan fingerprint density at radius 1 is 1.00 bits per heavy atom. The van der Waals surface area contributed by atoms with E-state index in [0.717, 1.165) is 23.5 Å². The van der Waals surface area contributed by atoms with Crippen molar-refractivity contribution in [3.05, 3.63) is 59.7 Å². The SMILES string of the molecule is COc1ccc([C@@H]2C[C@H]2C#Cc2ccccc2)c(OC)c1. The van der Waals surface area contributed by atoms with Gasteiger partial charge in [-0.05, 0) is 30.2 Å². The first-order valence-corrected chi connectivity index (χ1v) is 7.10. The molecule has 2 aromatic carbocycles. The lowest BCUT2D eigenvalue weighted by atomic mass is 10.1. The highest BCUT2D eigenvalue weighted by Gasteiger charge is 2.39. The summed E-state index contributed by atoms with van der Waals surface area (Å²) in [5, 5.41) is 0. The molecule has 0 heterocycles. The molecule has 0 spiro atoms. The highest BCUT2D eigenvalue weighted by Crippen LogP contribution is 2.50. The summed E-state index contributed by atoms with van der Waals surface area (Å²) in [5.74, 6) is 9.23. The van der Waals surface area contributed by atoms with Crippen LogP contribution in [0, 0.1) is 17.8 Å². The molecule has 0 aliphatic heterocycles. The standard InChI is InChI=1S/C19H18O2/c1-20-16-10-11-17(19(13-16)21-2)18-12-15(18)9-8-14-6-4-3-5-7-14/h3-7,10-11,13,15,18H,12H2,1-2H3/t15-,18-/m1/s1. The van der Waals surface area contributed by atoms with E-state index in [2.05, 4.69) is 17.9 Å². The van der Waals surface area contributed by atoms with E-state index in [1.54, 1.807) is 14.2 Å². The van der Waals surface area contributed by atoms with Crippen molar-refractivity contribution in [3.63, 3.8) is 0 Å². The van der Waals surface area contributed by atoms with Crippen LogP contribution in [0.15, 0.2) is 48.5 Å². The average Bonchev–Trinajstić information content (AvgIpc) is 3.32. The van der Waals surface area contributed by atoms with Crippen LogP contribution in [-0.4, -0.2) is 14.2 Å². The summed E-state index contributed by atoms with van der Waals surface area (Å²) in [5.41, 5.74) is 2.30. The van der Waals surface area contributed by atoms with Gasteiger partial charge in [0, 0.05) is 23.5 Å². The predicted octanol–water partition coefficient (Wildman–Crippen LogP) is 3.86. The maximum absolute atomic E-state index is 5.47. The fourth-order valence-electron chi connectivity index (χ4n) is 2.52. The third-order valence-corrected chi connectivity index (χ3v) is 3.81. The number of hydrogen-bond acceptors (Lipinski definition) is 2. The quantitative estimate of drug-likeness (QED) is 0.794. The highest BCUT2D eigenvalue weighted by atomic mass is 16.5.